The topological polar surface area (TPSA) is 96.3 Å². The number of fused-ring (bicyclic) bond motifs is 1. The molecule has 1 saturated heterocycles. The molecule has 0 bridgehead atoms. The molecule has 2 aliphatic heterocycles. The van der Waals surface area contributed by atoms with Gasteiger partial charge in [0.15, 0.2) is 0 Å². The van der Waals surface area contributed by atoms with Crippen LogP contribution in [0.1, 0.15) is 18.4 Å². The van der Waals surface area contributed by atoms with E-state index < -0.39 is 15.6 Å². The van der Waals surface area contributed by atoms with Crippen molar-refractivity contribution in [2.24, 2.45) is 0 Å². The first-order valence-corrected chi connectivity index (χ1v) is 10.6. The van der Waals surface area contributed by atoms with Crippen LogP contribution in [0.2, 0.25) is 0 Å². The summed E-state index contributed by atoms with van der Waals surface area (Å²) in [5.41, 5.74) is 0.929. The van der Waals surface area contributed by atoms with Crippen molar-refractivity contribution in [3.05, 3.63) is 42.2 Å². The molecule has 2 aliphatic rings. The Hall–Kier alpha value is -2.23. The van der Waals surface area contributed by atoms with Gasteiger partial charge in [-0.05, 0) is 63.2 Å². The summed E-state index contributed by atoms with van der Waals surface area (Å²) >= 11 is 0. The van der Waals surface area contributed by atoms with Crippen LogP contribution in [0.25, 0.3) is 0 Å². The van der Waals surface area contributed by atoms with E-state index in [0.717, 1.165) is 18.7 Å². The molecule has 0 saturated carbocycles. The van der Waals surface area contributed by atoms with E-state index in [1.54, 1.807) is 34.0 Å². The Morgan fingerprint density at radius 1 is 1.30 bits per heavy atom. The highest BCUT2D eigenvalue weighted by Crippen LogP contribution is 2.36. The third kappa shape index (κ3) is 2.95. The summed E-state index contributed by atoms with van der Waals surface area (Å²) in [6.45, 7) is 2.02. The van der Waals surface area contributed by atoms with Gasteiger partial charge >= 0.3 is 0 Å². The average Bonchev–Trinajstić information content (AvgIpc) is 3.37. The van der Waals surface area contributed by atoms with Crippen molar-refractivity contribution in [3.8, 4) is 0 Å². The van der Waals surface area contributed by atoms with Gasteiger partial charge in [0.2, 0.25) is 10.0 Å². The van der Waals surface area contributed by atoms with Crippen molar-refractivity contribution in [3.63, 3.8) is 0 Å². The van der Waals surface area contributed by atoms with E-state index in [4.69, 9.17) is 0 Å². The Kier molecular flexibility index (Phi) is 4.53. The maximum atomic E-state index is 13.7. The lowest BCUT2D eigenvalue weighted by atomic mass is 9.86. The van der Waals surface area contributed by atoms with Crippen LogP contribution in [0.5, 0.6) is 0 Å². The highest BCUT2D eigenvalue weighted by atomic mass is 32.2. The van der Waals surface area contributed by atoms with Crippen LogP contribution < -0.4 is 14.9 Å². The van der Waals surface area contributed by atoms with Gasteiger partial charge in [0.1, 0.15) is 5.54 Å². The van der Waals surface area contributed by atoms with Crippen molar-refractivity contribution < 1.29 is 13.2 Å². The molecule has 2 N–H and O–H groups in total. The predicted molar refractivity (Wildman–Crippen MR) is 101 cm³/mol. The normalized spacial score (nSPS) is 19.1. The molecule has 0 spiro atoms. The van der Waals surface area contributed by atoms with Gasteiger partial charge in [-0.3, -0.25) is 9.48 Å². The van der Waals surface area contributed by atoms with E-state index in [1.807, 2.05) is 12.3 Å². The number of carbonyl (C=O) groups excluding carboxylic acids is 1. The molecule has 0 unspecified atom stereocenters. The fraction of sp³-hybridized carbons (Fsp3) is 0.444. The number of sulfonamides is 1. The lowest BCUT2D eigenvalue weighted by Crippen LogP contribution is -2.55. The molecular weight excluding hydrogens is 366 g/mol. The van der Waals surface area contributed by atoms with E-state index in [1.165, 1.54) is 7.05 Å². The minimum atomic E-state index is -3.57. The highest BCUT2D eigenvalue weighted by molar-refractivity contribution is 7.89. The maximum absolute atomic E-state index is 13.7. The molecule has 0 aliphatic carbocycles. The fourth-order valence-corrected chi connectivity index (χ4v) is 4.76. The van der Waals surface area contributed by atoms with E-state index in [0.29, 0.717) is 31.5 Å². The summed E-state index contributed by atoms with van der Waals surface area (Å²) < 4.78 is 28.5. The Morgan fingerprint density at radius 3 is 2.74 bits per heavy atom. The third-order valence-electron chi connectivity index (χ3n) is 5.55. The van der Waals surface area contributed by atoms with Crippen LogP contribution in [0, 0.1) is 0 Å². The molecule has 1 aromatic heterocycles. The number of amides is 1. The molecule has 9 heteroatoms. The first kappa shape index (κ1) is 18.1. The van der Waals surface area contributed by atoms with Crippen LogP contribution in [0.4, 0.5) is 5.69 Å². The summed E-state index contributed by atoms with van der Waals surface area (Å²) in [4.78, 5) is 15.6. The number of nitrogens with zero attached hydrogens (tertiary/aromatic N) is 3. The van der Waals surface area contributed by atoms with Gasteiger partial charge in [-0.2, -0.15) is 5.10 Å². The molecule has 0 atom stereocenters. The first-order valence-electron chi connectivity index (χ1n) is 9.07. The molecule has 3 heterocycles. The molecule has 1 fully saturated rings. The number of rotatable bonds is 4. The minimum absolute atomic E-state index is 0.0227. The molecule has 0 radical (unpaired) electrons. The zero-order valence-corrected chi connectivity index (χ0v) is 16.0. The second-order valence-corrected chi connectivity index (χ2v) is 8.82. The van der Waals surface area contributed by atoms with Gasteiger partial charge in [0, 0.05) is 24.6 Å². The summed E-state index contributed by atoms with van der Waals surface area (Å²) in [5, 5.41) is 7.67. The first-order chi connectivity index (χ1) is 13.0. The number of nitrogens with one attached hydrogen (secondary N) is 2. The monoisotopic (exact) mass is 389 g/mol. The molecule has 2 aromatic rings. The quantitative estimate of drug-likeness (QED) is 0.792. The lowest BCUT2D eigenvalue weighted by molar-refractivity contribution is -0.129. The molecule has 144 valence electrons. The molecule has 1 aromatic carbocycles. The number of hydrogen-bond donors (Lipinski definition) is 2. The van der Waals surface area contributed by atoms with Crippen LogP contribution in [0.3, 0.4) is 0 Å². The van der Waals surface area contributed by atoms with Crippen molar-refractivity contribution in [2.75, 3.05) is 31.6 Å². The number of carbonyl (C=O) groups is 1. The standard InChI is InChI=1S/C18H23N5O3S/c1-19-27(25,26)15-4-3-14-5-12-22(16(14)13-15)17(24)18(6-9-20-10-7-18)23-11-2-8-21-23/h2-4,8,11,13,19-20H,5-7,9-10,12H2,1H3. The van der Waals surface area contributed by atoms with Crippen LogP contribution in [-0.4, -0.2) is 50.8 Å². The third-order valence-corrected chi connectivity index (χ3v) is 6.96. The largest absolute Gasteiger partial charge is 0.317 e. The summed E-state index contributed by atoms with van der Waals surface area (Å²) in [7, 11) is -2.19. The number of benzene rings is 1. The molecule has 4 rings (SSSR count). The Balaban J connectivity index is 1.75. The zero-order valence-electron chi connectivity index (χ0n) is 15.2. The maximum Gasteiger partial charge on any atom is 0.255 e. The number of hydrogen-bond acceptors (Lipinski definition) is 5. The lowest BCUT2D eigenvalue weighted by Gasteiger charge is -2.39. The zero-order chi connectivity index (χ0) is 19.1. The van der Waals surface area contributed by atoms with Gasteiger partial charge in [0.05, 0.1) is 4.90 Å². The van der Waals surface area contributed by atoms with E-state index in [-0.39, 0.29) is 10.8 Å². The van der Waals surface area contributed by atoms with E-state index >= 15 is 0 Å². The van der Waals surface area contributed by atoms with Crippen LogP contribution >= 0.6 is 0 Å². The molecule has 8 nitrogen and oxygen atoms in total. The Morgan fingerprint density at radius 2 is 2.07 bits per heavy atom. The van der Waals surface area contributed by atoms with Gasteiger partial charge in [-0.15, -0.1) is 0 Å². The van der Waals surface area contributed by atoms with Crippen molar-refractivity contribution in [2.45, 2.75) is 29.7 Å². The average molecular weight is 389 g/mol. The Bertz CT molecular complexity index is 949. The summed E-state index contributed by atoms with van der Waals surface area (Å²) in [6.07, 6.45) is 5.53. The van der Waals surface area contributed by atoms with Gasteiger partial charge in [-0.25, -0.2) is 13.1 Å². The second-order valence-electron chi connectivity index (χ2n) is 6.94. The van der Waals surface area contributed by atoms with Gasteiger partial charge in [-0.1, -0.05) is 6.07 Å². The molecular formula is C18H23N5O3S. The van der Waals surface area contributed by atoms with Gasteiger partial charge < -0.3 is 10.2 Å². The minimum Gasteiger partial charge on any atom is -0.317 e. The SMILES string of the molecule is CNS(=O)(=O)c1ccc2c(c1)N(C(=O)C1(n3cccn3)CCNCC1)CC2. The number of anilines is 1. The second kappa shape index (κ2) is 6.74. The van der Waals surface area contributed by atoms with Crippen molar-refractivity contribution >= 4 is 21.6 Å². The highest BCUT2D eigenvalue weighted by Gasteiger charge is 2.46. The molecule has 27 heavy (non-hydrogen) atoms. The summed E-state index contributed by atoms with van der Waals surface area (Å²) in [5.74, 6) is -0.0227. The van der Waals surface area contributed by atoms with Crippen LogP contribution in [-0.2, 0) is 26.8 Å². The summed E-state index contributed by atoms with van der Waals surface area (Å²) in [6, 6.07) is 6.82. The Labute approximate surface area is 158 Å². The molecule has 1 amide bonds. The van der Waals surface area contributed by atoms with Crippen LogP contribution in [0.15, 0.2) is 41.6 Å². The van der Waals surface area contributed by atoms with E-state index in [2.05, 4.69) is 15.1 Å². The smallest absolute Gasteiger partial charge is 0.255 e. The predicted octanol–water partition coefficient (Wildman–Crippen LogP) is 0.459. The fourth-order valence-electron chi connectivity index (χ4n) is 4.01. The van der Waals surface area contributed by atoms with Gasteiger partial charge in [0.25, 0.3) is 5.91 Å². The van der Waals surface area contributed by atoms with Crippen molar-refractivity contribution in [1.29, 1.82) is 0 Å². The van der Waals surface area contributed by atoms with E-state index in [9.17, 15) is 13.2 Å². The number of piperidine rings is 1. The number of aromatic nitrogens is 2. The van der Waals surface area contributed by atoms with Crippen molar-refractivity contribution in [1.82, 2.24) is 19.8 Å².